The van der Waals surface area contributed by atoms with E-state index in [9.17, 15) is 14.3 Å². The highest BCUT2D eigenvalue weighted by Gasteiger charge is 2.26. The largest absolute Gasteiger partial charge is 0.458 e. The molecule has 0 aliphatic rings. The van der Waals surface area contributed by atoms with Crippen LogP contribution in [0.1, 0.15) is 12.7 Å². The highest BCUT2D eigenvalue weighted by Crippen LogP contribution is 2.26. The molecule has 0 aliphatic carbocycles. The van der Waals surface area contributed by atoms with Gasteiger partial charge in [0.1, 0.15) is 17.2 Å². The first-order valence-electron chi connectivity index (χ1n) is 4.41. The number of carbonyl (C=O) groups is 1. The van der Waals surface area contributed by atoms with Crippen LogP contribution in [0, 0.1) is 5.82 Å². The summed E-state index contributed by atoms with van der Waals surface area (Å²) in [5, 5.41) is 10.1. The zero-order chi connectivity index (χ0) is 11.1. The summed E-state index contributed by atoms with van der Waals surface area (Å²) < 4.78 is 18.1. The lowest BCUT2D eigenvalue weighted by Crippen LogP contribution is -2.21. The van der Waals surface area contributed by atoms with Gasteiger partial charge >= 0.3 is 0 Å². The van der Waals surface area contributed by atoms with E-state index in [1.54, 1.807) is 0 Å². The molecule has 1 aromatic heterocycles. The molecule has 0 saturated heterocycles. The molecule has 1 aromatic carbocycles. The van der Waals surface area contributed by atoms with Crippen molar-refractivity contribution in [2.75, 3.05) is 0 Å². The lowest BCUT2D eigenvalue weighted by Gasteiger charge is -2.10. The Bertz CT molecular complexity index is 514. The monoisotopic (exact) mass is 208 g/mol. The summed E-state index contributed by atoms with van der Waals surface area (Å²) in [4.78, 5) is 10.6. The number of furan rings is 1. The van der Waals surface area contributed by atoms with Gasteiger partial charge in [-0.15, -0.1) is 0 Å². The van der Waals surface area contributed by atoms with Crippen molar-refractivity contribution in [1.29, 1.82) is 0 Å². The summed E-state index contributed by atoms with van der Waals surface area (Å²) in [7, 11) is 0. The summed E-state index contributed by atoms with van der Waals surface area (Å²) in [6, 6.07) is 5.44. The van der Waals surface area contributed by atoms with Crippen LogP contribution in [0.15, 0.2) is 28.7 Å². The predicted molar refractivity (Wildman–Crippen MR) is 51.8 cm³/mol. The molecule has 0 saturated carbocycles. The van der Waals surface area contributed by atoms with E-state index in [1.165, 1.54) is 31.2 Å². The van der Waals surface area contributed by atoms with Gasteiger partial charge in [-0.1, -0.05) is 0 Å². The van der Waals surface area contributed by atoms with Crippen LogP contribution in [0.2, 0.25) is 0 Å². The zero-order valence-corrected chi connectivity index (χ0v) is 8.03. The van der Waals surface area contributed by atoms with Gasteiger partial charge in [-0.3, -0.25) is 4.79 Å². The second kappa shape index (κ2) is 3.17. The molecule has 0 bridgehead atoms. The fourth-order valence-corrected chi connectivity index (χ4v) is 1.32. The summed E-state index contributed by atoms with van der Waals surface area (Å²) in [5.41, 5.74) is -1.23. The topological polar surface area (TPSA) is 50.4 Å². The van der Waals surface area contributed by atoms with Crippen LogP contribution < -0.4 is 0 Å². The molecular formula is C11H9FO3. The molecule has 0 aliphatic heterocycles. The lowest BCUT2D eigenvalue weighted by molar-refractivity contribution is -0.124. The second-order valence-electron chi connectivity index (χ2n) is 3.56. The molecule has 78 valence electrons. The van der Waals surface area contributed by atoms with Crippen LogP contribution in [0.3, 0.4) is 0 Å². The molecule has 15 heavy (non-hydrogen) atoms. The van der Waals surface area contributed by atoms with E-state index in [4.69, 9.17) is 4.42 Å². The molecule has 0 spiro atoms. The number of fused-ring (bicyclic) bond motifs is 1. The van der Waals surface area contributed by atoms with Gasteiger partial charge in [0.2, 0.25) is 0 Å². The van der Waals surface area contributed by atoms with Crippen LogP contribution in [-0.4, -0.2) is 11.4 Å². The van der Waals surface area contributed by atoms with Gasteiger partial charge < -0.3 is 9.52 Å². The Morgan fingerprint density at radius 3 is 2.87 bits per heavy atom. The van der Waals surface area contributed by atoms with Gasteiger partial charge in [0, 0.05) is 5.39 Å². The van der Waals surface area contributed by atoms with Crippen LogP contribution in [0.5, 0.6) is 0 Å². The maximum atomic E-state index is 12.9. The molecule has 1 unspecified atom stereocenters. The molecule has 0 amide bonds. The zero-order valence-electron chi connectivity index (χ0n) is 8.03. The minimum atomic E-state index is -1.67. The third-order valence-electron chi connectivity index (χ3n) is 2.21. The van der Waals surface area contributed by atoms with Crippen molar-refractivity contribution in [3.05, 3.63) is 35.8 Å². The first-order valence-corrected chi connectivity index (χ1v) is 4.41. The van der Waals surface area contributed by atoms with Crippen molar-refractivity contribution in [3.63, 3.8) is 0 Å². The van der Waals surface area contributed by atoms with E-state index in [1.807, 2.05) is 0 Å². The Morgan fingerprint density at radius 2 is 2.20 bits per heavy atom. The average Bonchev–Trinajstić information content (AvgIpc) is 2.61. The summed E-state index contributed by atoms with van der Waals surface area (Å²) in [5.74, 6) is -0.279. The standard InChI is InChI=1S/C11H9FO3/c1-11(14,6-13)10-5-7-4-8(12)2-3-9(7)15-10/h2-6,14H,1H3. The van der Waals surface area contributed by atoms with Crippen molar-refractivity contribution in [2.24, 2.45) is 0 Å². The third kappa shape index (κ3) is 1.64. The molecule has 0 fully saturated rings. The number of aliphatic hydroxyl groups is 1. The van der Waals surface area contributed by atoms with Gasteiger partial charge in [-0.25, -0.2) is 4.39 Å². The van der Waals surface area contributed by atoms with Crippen molar-refractivity contribution >= 4 is 17.3 Å². The lowest BCUT2D eigenvalue weighted by atomic mass is 10.1. The Morgan fingerprint density at radius 1 is 1.47 bits per heavy atom. The second-order valence-corrected chi connectivity index (χ2v) is 3.56. The van der Waals surface area contributed by atoms with Crippen LogP contribution in [-0.2, 0) is 10.4 Å². The fourth-order valence-electron chi connectivity index (χ4n) is 1.32. The van der Waals surface area contributed by atoms with E-state index in [0.717, 1.165) is 0 Å². The minimum absolute atomic E-state index is 0.109. The summed E-state index contributed by atoms with van der Waals surface area (Å²) in [6.07, 6.45) is 0.376. The number of rotatable bonds is 2. The van der Waals surface area contributed by atoms with Crippen LogP contribution in [0.25, 0.3) is 11.0 Å². The molecule has 2 aromatic rings. The van der Waals surface area contributed by atoms with Crippen molar-refractivity contribution in [3.8, 4) is 0 Å². The Kier molecular flexibility index (Phi) is 2.08. The quantitative estimate of drug-likeness (QED) is 0.767. The number of hydrogen-bond donors (Lipinski definition) is 1. The van der Waals surface area contributed by atoms with Gasteiger partial charge in [0.05, 0.1) is 0 Å². The van der Waals surface area contributed by atoms with E-state index in [-0.39, 0.29) is 11.6 Å². The highest BCUT2D eigenvalue weighted by molar-refractivity contribution is 5.79. The number of carbonyl (C=O) groups excluding carboxylic acids is 1. The van der Waals surface area contributed by atoms with Gasteiger partial charge in [-0.05, 0) is 31.2 Å². The van der Waals surface area contributed by atoms with E-state index >= 15 is 0 Å². The van der Waals surface area contributed by atoms with Crippen molar-refractivity contribution in [1.82, 2.24) is 0 Å². The Balaban J connectivity index is 2.61. The van der Waals surface area contributed by atoms with Gasteiger partial charge in [0.25, 0.3) is 0 Å². The molecule has 4 heteroatoms. The molecule has 2 rings (SSSR count). The number of hydrogen-bond acceptors (Lipinski definition) is 3. The number of halogens is 1. The average molecular weight is 208 g/mol. The molecule has 1 heterocycles. The third-order valence-corrected chi connectivity index (χ3v) is 2.21. The summed E-state index contributed by atoms with van der Waals surface area (Å²) >= 11 is 0. The minimum Gasteiger partial charge on any atom is -0.458 e. The molecule has 1 atom stereocenters. The first-order chi connectivity index (χ1) is 7.03. The highest BCUT2D eigenvalue weighted by atomic mass is 19.1. The molecular weight excluding hydrogens is 199 g/mol. The normalized spacial score (nSPS) is 15.1. The summed E-state index contributed by atoms with van der Waals surface area (Å²) in [6.45, 7) is 1.31. The Hall–Kier alpha value is -1.68. The van der Waals surface area contributed by atoms with Crippen LogP contribution in [0.4, 0.5) is 4.39 Å². The molecule has 3 nitrogen and oxygen atoms in total. The van der Waals surface area contributed by atoms with Crippen LogP contribution >= 0.6 is 0 Å². The van der Waals surface area contributed by atoms with Gasteiger partial charge in [-0.2, -0.15) is 0 Å². The number of benzene rings is 1. The maximum absolute atomic E-state index is 12.9. The fraction of sp³-hybridized carbons (Fsp3) is 0.182. The molecule has 0 radical (unpaired) electrons. The maximum Gasteiger partial charge on any atom is 0.174 e. The smallest absolute Gasteiger partial charge is 0.174 e. The van der Waals surface area contributed by atoms with E-state index in [0.29, 0.717) is 17.3 Å². The predicted octanol–water partition coefficient (Wildman–Crippen LogP) is 1.98. The van der Waals surface area contributed by atoms with Gasteiger partial charge in [0.15, 0.2) is 11.9 Å². The van der Waals surface area contributed by atoms with Crippen molar-refractivity contribution < 1.29 is 18.7 Å². The Labute approximate surface area is 85.1 Å². The van der Waals surface area contributed by atoms with E-state index < -0.39 is 5.60 Å². The SMILES string of the molecule is CC(O)(C=O)c1cc2cc(F)ccc2o1. The molecule has 1 N–H and O–H groups in total. The first kappa shape index (κ1) is 9.86. The number of aldehydes is 1. The van der Waals surface area contributed by atoms with Crippen molar-refractivity contribution in [2.45, 2.75) is 12.5 Å². The van der Waals surface area contributed by atoms with E-state index in [2.05, 4.69) is 0 Å².